The Bertz CT molecular complexity index is 271. The van der Waals surface area contributed by atoms with Crippen LogP contribution in [0.2, 0.25) is 0 Å². The van der Waals surface area contributed by atoms with E-state index in [-0.39, 0.29) is 0 Å². The van der Waals surface area contributed by atoms with Gasteiger partial charge in [0, 0.05) is 18.0 Å². The third-order valence-corrected chi connectivity index (χ3v) is 3.91. The molecule has 2 nitrogen and oxygen atoms in total. The maximum atomic E-state index is 3.56. The van der Waals surface area contributed by atoms with Crippen molar-refractivity contribution in [1.29, 1.82) is 0 Å². The molecule has 15 heavy (non-hydrogen) atoms. The van der Waals surface area contributed by atoms with Crippen molar-refractivity contribution < 1.29 is 0 Å². The summed E-state index contributed by atoms with van der Waals surface area (Å²) in [5, 5.41) is 5.71. The molecular weight excluding hydrogens is 204 g/mol. The van der Waals surface area contributed by atoms with Gasteiger partial charge in [-0.2, -0.15) is 0 Å². The summed E-state index contributed by atoms with van der Waals surface area (Å²) in [7, 11) is 2.23. The summed E-state index contributed by atoms with van der Waals surface area (Å²) in [5.41, 5.74) is 0. The SMILES string of the molecule is CN1CCC[C@H](CNCc2cccs2)C1. The Kier molecular flexibility index (Phi) is 4.18. The first-order valence-corrected chi connectivity index (χ1v) is 6.64. The zero-order valence-electron chi connectivity index (χ0n) is 9.41. The topological polar surface area (TPSA) is 15.3 Å². The molecule has 0 bridgehead atoms. The molecule has 0 amide bonds. The molecule has 1 fully saturated rings. The Morgan fingerprint density at radius 1 is 1.60 bits per heavy atom. The van der Waals surface area contributed by atoms with Gasteiger partial charge in [-0.1, -0.05) is 6.07 Å². The van der Waals surface area contributed by atoms with Crippen LogP contribution in [0.5, 0.6) is 0 Å². The number of thiophene rings is 1. The van der Waals surface area contributed by atoms with Crippen LogP contribution < -0.4 is 5.32 Å². The summed E-state index contributed by atoms with van der Waals surface area (Å²) >= 11 is 1.84. The third-order valence-electron chi connectivity index (χ3n) is 3.03. The average Bonchev–Trinajstić information content (AvgIpc) is 2.71. The lowest BCUT2D eigenvalue weighted by molar-refractivity contribution is 0.206. The van der Waals surface area contributed by atoms with Gasteiger partial charge in [0.2, 0.25) is 0 Å². The van der Waals surface area contributed by atoms with Gasteiger partial charge < -0.3 is 10.2 Å². The summed E-state index contributed by atoms with van der Waals surface area (Å²) in [5.74, 6) is 0.851. The molecule has 0 unspecified atom stereocenters. The van der Waals surface area contributed by atoms with Gasteiger partial charge in [-0.05, 0) is 50.3 Å². The largest absolute Gasteiger partial charge is 0.312 e. The van der Waals surface area contributed by atoms with Crippen LogP contribution in [0.4, 0.5) is 0 Å². The molecule has 1 aliphatic heterocycles. The first-order valence-electron chi connectivity index (χ1n) is 5.76. The van der Waals surface area contributed by atoms with Gasteiger partial charge in [-0.3, -0.25) is 0 Å². The highest BCUT2D eigenvalue weighted by Gasteiger charge is 2.16. The molecule has 0 aliphatic carbocycles. The van der Waals surface area contributed by atoms with E-state index in [0.717, 1.165) is 12.5 Å². The molecule has 1 aromatic rings. The van der Waals surface area contributed by atoms with Crippen LogP contribution >= 0.6 is 11.3 Å². The monoisotopic (exact) mass is 224 g/mol. The van der Waals surface area contributed by atoms with E-state index in [9.17, 15) is 0 Å². The van der Waals surface area contributed by atoms with Crippen molar-refractivity contribution in [1.82, 2.24) is 10.2 Å². The zero-order valence-corrected chi connectivity index (χ0v) is 10.2. The van der Waals surface area contributed by atoms with Gasteiger partial charge in [0.25, 0.3) is 0 Å². The van der Waals surface area contributed by atoms with Crippen molar-refractivity contribution in [3.8, 4) is 0 Å². The summed E-state index contributed by atoms with van der Waals surface area (Å²) in [6.45, 7) is 4.75. The second-order valence-corrected chi connectivity index (χ2v) is 5.51. The van der Waals surface area contributed by atoms with Gasteiger partial charge in [0.1, 0.15) is 0 Å². The van der Waals surface area contributed by atoms with Gasteiger partial charge in [0.15, 0.2) is 0 Å². The fourth-order valence-electron chi connectivity index (χ4n) is 2.25. The molecule has 1 aromatic heterocycles. The molecule has 1 atom stereocenters. The van der Waals surface area contributed by atoms with E-state index in [1.807, 2.05) is 11.3 Å². The maximum absolute atomic E-state index is 3.56. The quantitative estimate of drug-likeness (QED) is 0.843. The third kappa shape index (κ3) is 3.59. The summed E-state index contributed by atoms with van der Waals surface area (Å²) in [4.78, 5) is 3.89. The average molecular weight is 224 g/mol. The normalized spacial score (nSPS) is 23.1. The molecular formula is C12H20N2S. The molecule has 84 valence electrons. The molecule has 0 radical (unpaired) electrons. The minimum absolute atomic E-state index is 0.851. The lowest BCUT2D eigenvalue weighted by atomic mass is 9.98. The zero-order chi connectivity index (χ0) is 10.5. The fraction of sp³-hybridized carbons (Fsp3) is 0.667. The Hall–Kier alpha value is -0.380. The second kappa shape index (κ2) is 5.64. The van der Waals surface area contributed by atoms with Crippen LogP contribution in [0.25, 0.3) is 0 Å². The molecule has 0 aromatic carbocycles. The van der Waals surface area contributed by atoms with Gasteiger partial charge in [0.05, 0.1) is 0 Å². The number of hydrogen-bond acceptors (Lipinski definition) is 3. The number of nitrogens with zero attached hydrogens (tertiary/aromatic N) is 1. The molecule has 2 rings (SSSR count). The molecule has 2 heterocycles. The minimum Gasteiger partial charge on any atom is -0.312 e. The molecule has 0 spiro atoms. The number of rotatable bonds is 4. The Balaban J connectivity index is 1.65. The molecule has 3 heteroatoms. The predicted octanol–water partition coefficient (Wildman–Crippen LogP) is 2.18. The van der Waals surface area contributed by atoms with Gasteiger partial charge in [-0.15, -0.1) is 11.3 Å². The number of piperidine rings is 1. The predicted molar refractivity (Wildman–Crippen MR) is 66.2 cm³/mol. The molecule has 1 aliphatic rings. The van der Waals surface area contributed by atoms with Gasteiger partial charge >= 0.3 is 0 Å². The second-order valence-electron chi connectivity index (χ2n) is 4.48. The van der Waals surface area contributed by atoms with Crippen molar-refractivity contribution in [2.75, 3.05) is 26.7 Å². The standard InChI is InChI=1S/C12H20N2S/c1-14-6-2-4-11(10-14)8-13-9-12-5-3-7-15-12/h3,5,7,11,13H,2,4,6,8-10H2,1H3/t11-/m1/s1. The number of hydrogen-bond donors (Lipinski definition) is 1. The van der Waals surface area contributed by atoms with Crippen LogP contribution in [0.15, 0.2) is 17.5 Å². The minimum atomic E-state index is 0.851. The fourth-order valence-corrected chi connectivity index (χ4v) is 2.93. The molecule has 1 saturated heterocycles. The highest BCUT2D eigenvalue weighted by atomic mass is 32.1. The van der Waals surface area contributed by atoms with E-state index < -0.39 is 0 Å². The molecule has 0 saturated carbocycles. The maximum Gasteiger partial charge on any atom is 0.0299 e. The van der Waals surface area contributed by atoms with E-state index in [1.54, 1.807) is 0 Å². The van der Waals surface area contributed by atoms with Crippen LogP contribution in [-0.2, 0) is 6.54 Å². The Labute approximate surface area is 96.3 Å². The van der Waals surface area contributed by atoms with Crippen molar-refractivity contribution in [2.24, 2.45) is 5.92 Å². The van der Waals surface area contributed by atoms with Crippen molar-refractivity contribution in [3.63, 3.8) is 0 Å². The smallest absolute Gasteiger partial charge is 0.0299 e. The van der Waals surface area contributed by atoms with E-state index in [1.165, 1.54) is 37.4 Å². The highest BCUT2D eigenvalue weighted by Crippen LogP contribution is 2.14. The van der Waals surface area contributed by atoms with E-state index >= 15 is 0 Å². The van der Waals surface area contributed by atoms with Crippen molar-refractivity contribution >= 4 is 11.3 Å². The van der Waals surface area contributed by atoms with Crippen LogP contribution in [0.1, 0.15) is 17.7 Å². The highest BCUT2D eigenvalue weighted by molar-refractivity contribution is 7.09. The van der Waals surface area contributed by atoms with Crippen LogP contribution in [0, 0.1) is 5.92 Å². The summed E-state index contributed by atoms with van der Waals surface area (Å²) < 4.78 is 0. The van der Waals surface area contributed by atoms with Crippen molar-refractivity contribution in [3.05, 3.63) is 22.4 Å². The van der Waals surface area contributed by atoms with E-state index in [4.69, 9.17) is 0 Å². The summed E-state index contributed by atoms with van der Waals surface area (Å²) in [6, 6.07) is 4.32. The molecule has 1 N–H and O–H groups in total. The lowest BCUT2D eigenvalue weighted by Crippen LogP contribution is -2.37. The number of likely N-dealkylation sites (tertiary alicyclic amines) is 1. The van der Waals surface area contributed by atoms with Crippen LogP contribution in [0.3, 0.4) is 0 Å². The summed E-state index contributed by atoms with van der Waals surface area (Å²) in [6.07, 6.45) is 2.75. The van der Waals surface area contributed by atoms with E-state index in [0.29, 0.717) is 0 Å². The van der Waals surface area contributed by atoms with Gasteiger partial charge in [-0.25, -0.2) is 0 Å². The Morgan fingerprint density at radius 3 is 3.27 bits per heavy atom. The Morgan fingerprint density at radius 2 is 2.53 bits per heavy atom. The lowest BCUT2D eigenvalue weighted by Gasteiger charge is -2.29. The van der Waals surface area contributed by atoms with Crippen molar-refractivity contribution in [2.45, 2.75) is 19.4 Å². The van der Waals surface area contributed by atoms with Crippen LogP contribution in [-0.4, -0.2) is 31.6 Å². The first-order chi connectivity index (χ1) is 7.34. The number of nitrogens with one attached hydrogen (secondary N) is 1. The first kappa shape index (κ1) is 11.1. The van der Waals surface area contributed by atoms with E-state index in [2.05, 4.69) is 34.8 Å².